The van der Waals surface area contributed by atoms with Gasteiger partial charge in [0, 0.05) is 16.6 Å². The molecule has 2 atom stereocenters. The lowest BCUT2D eigenvalue weighted by molar-refractivity contribution is 0.0670. The summed E-state index contributed by atoms with van der Waals surface area (Å²) in [4.78, 5) is 14.4. The number of amides is 1. The van der Waals surface area contributed by atoms with E-state index in [0.29, 0.717) is 4.47 Å². The van der Waals surface area contributed by atoms with Gasteiger partial charge in [-0.25, -0.2) is 4.39 Å². The number of benzene rings is 1. The molecular weight excluding hydrogens is 297 g/mol. The molecule has 0 spiro atoms. The fraction of sp³-hybridized carbons (Fsp3) is 0.500. The quantitative estimate of drug-likeness (QED) is 0.808. The van der Waals surface area contributed by atoms with E-state index in [-0.39, 0.29) is 23.6 Å². The number of rotatable bonds is 2. The molecule has 18 heavy (non-hydrogen) atoms. The van der Waals surface area contributed by atoms with Gasteiger partial charge in [-0.05, 0) is 54.2 Å². The summed E-state index contributed by atoms with van der Waals surface area (Å²) in [5.74, 6) is -0.653. The molecule has 2 rings (SSSR count). The Labute approximate surface area is 115 Å². The van der Waals surface area contributed by atoms with Crippen LogP contribution in [0.2, 0.25) is 0 Å². The van der Waals surface area contributed by atoms with E-state index in [1.807, 2.05) is 11.8 Å². The Bertz CT molecular complexity index is 443. The highest BCUT2D eigenvalue weighted by atomic mass is 79.9. The Morgan fingerprint density at radius 3 is 2.83 bits per heavy atom. The van der Waals surface area contributed by atoms with Crippen molar-refractivity contribution in [2.75, 3.05) is 0 Å². The third kappa shape index (κ3) is 2.30. The minimum Gasteiger partial charge on any atom is -0.333 e. The van der Waals surface area contributed by atoms with Crippen LogP contribution in [0.25, 0.3) is 0 Å². The first-order chi connectivity index (χ1) is 8.56. The van der Waals surface area contributed by atoms with E-state index >= 15 is 0 Å². The molecule has 4 heteroatoms. The largest absolute Gasteiger partial charge is 0.333 e. The fourth-order valence-electron chi connectivity index (χ4n) is 2.67. The van der Waals surface area contributed by atoms with Crippen molar-refractivity contribution in [1.82, 2.24) is 4.90 Å². The minimum absolute atomic E-state index is 0.157. The third-order valence-electron chi connectivity index (χ3n) is 3.67. The summed E-state index contributed by atoms with van der Waals surface area (Å²) in [7, 11) is 0. The first kappa shape index (κ1) is 13.5. The zero-order chi connectivity index (χ0) is 13.3. The Morgan fingerprint density at radius 2 is 2.22 bits per heavy atom. The van der Waals surface area contributed by atoms with Crippen molar-refractivity contribution < 1.29 is 9.18 Å². The second-order valence-electron chi connectivity index (χ2n) is 4.80. The number of hydrogen-bond acceptors (Lipinski definition) is 1. The summed E-state index contributed by atoms with van der Waals surface area (Å²) < 4.78 is 14.4. The highest BCUT2D eigenvalue weighted by Gasteiger charge is 2.35. The van der Waals surface area contributed by atoms with Crippen molar-refractivity contribution in [3.8, 4) is 0 Å². The molecule has 1 aromatic rings. The van der Waals surface area contributed by atoms with Crippen molar-refractivity contribution in [1.29, 1.82) is 0 Å². The number of hydrogen-bond donors (Lipinski definition) is 0. The smallest absolute Gasteiger partial charge is 0.258 e. The molecule has 2 unspecified atom stereocenters. The fourth-order valence-corrected chi connectivity index (χ4v) is 3.18. The van der Waals surface area contributed by atoms with Gasteiger partial charge in [-0.2, -0.15) is 0 Å². The van der Waals surface area contributed by atoms with Gasteiger partial charge in [0.15, 0.2) is 0 Å². The topological polar surface area (TPSA) is 20.3 Å². The third-order valence-corrected chi connectivity index (χ3v) is 4.33. The van der Waals surface area contributed by atoms with Crippen LogP contribution >= 0.6 is 15.9 Å². The maximum atomic E-state index is 13.8. The maximum Gasteiger partial charge on any atom is 0.258 e. The number of halogens is 2. The number of likely N-dealkylation sites (tertiary alicyclic amines) is 1. The monoisotopic (exact) mass is 313 g/mol. The van der Waals surface area contributed by atoms with Gasteiger partial charge in [0.2, 0.25) is 0 Å². The molecule has 98 valence electrons. The van der Waals surface area contributed by atoms with E-state index in [1.165, 1.54) is 6.07 Å². The van der Waals surface area contributed by atoms with Crippen molar-refractivity contribution in [2.24, 2.45) is 0 Å². The van der Waals surface area contributed by atoms with Crippen LogP contribution in [-0.2, 0) is 0 Å². The average Bonchev–Trinajstić information content (AvgIpc) is 2.70. The van der Waals surface area contributed by atoms with Gasteiger partial charge >= 0.3 is 0 Å². The van der Waals surface area contributed by atoms with Crippen molar-refractivity contribution >= 4 is 21.8 Å². The summed E-state index contributed by atoms with van der Waals surface area (Å²) >= 11 is 3.27. The Hall–Kier alpha value is -0.900. The molecule has 1 heterocycles. The van der Waals surface area contributed by atoms with E-state index in [2.05, 4.69) is 22.9 Å². The summed E-state index contributed by atoms with van der Waals surface area (Å²) in [6.45, 7) is 4.10. The molecule has 1 saturated heterocycles. The van der Waals surface area contributed by atoms with E-state index in [1.54, 1.807) is 12.1 Å². The van der Waals surface area contributed by atoms with E-state index in [9.17, 15) is 9.18 Å². The second kappa shape index (κ2) is 5.39. The number of carbonyl (C=O) groups excluding carboxylic acids is 1. The molecule has 1 aromatic carbocycles. The average molecular weight is 314 g/mol. The predicted molar refractivity (Wildman–Crippen MR) is 73.0 cm³/mol. The molecule has 1 fully saturated rings. The van der Waals surface area contributed by atoms with Gasteiger partial charge in [0.25, 0.3) is 5.91 Å². The van der Waals surface area contributed by atoms with E-state index in [0.717, 1.165) is 19.3 Å². The highest BCUT2D eigenvalue weighted by molar-refractivity contribution is 9.10. The molecule has 0 saturated carbocycles. The standard InChI is InChI=1S/C14H17BrFNO/c1-3-10-8-7-9(2)17(10)14(18)13-11(15)5-4-6-12(13)16/h4-6,9-10H,3,7-8H2,1-2H3. The normalized spacial score (nSPS) is 23.4. The van der Waals surface area contributed by atoms with Crippen LogP contribution in [0.1, 0.15) is 43.5 Å². The van der Waals surface area contributed by atoms with Gasteiger partial charge in [-0.3, -0.25) is 4.79 Å². The van der Waals surface area contributed by atoms with Crippen LogP contribution in [0, 0.1) is 5.82 Å². The van der Waals surface area contributed by atoms with E-state index in [4.69, 9.17) is 0 Å². The highest BCUT2D eigenvalue weighted by Crippen LogP contribution is 2.30. The van der Waals surface area contributed by atoms with Gasteiger partial charge in [0.05, 0.1) is 5.56 Å². The van der Waals surface area contributed by atoms with Gasteiger partial charge in [-0.1, -0.05) is 13.0 Å². The van der Waals surface area contributed by atoms with Crippen LogP contribution in [0.5, 0.6) is 0 Å². The van der Waals surface area contributed by atoms with Gasteiger partial charge in [0.1, 0.15) is 5.82 Å². The van der Waals surface area contributed by atoms with Crippen LogP contribution in [0.3, 0.4) is 0 Å². The van der Waals surface area contributed by atoms with Crippen molar-refractivity contribution in [3.63, 3.8) is 0 Å². The molecule has 0 aromatic heterocycles. The molecule has 1 aliphatic heterocycles. The summed E-state index contributed by atoms with van der Waals surface area (Å²) in [5.41, 5.74) is 0.157. The molecule has 0 bridgehead atoms. The van der Waals surface area contributed by atoms with Crippen LogP contribution in [0.4, 0.5) is 4.39 Å². The van der Waals surface area contributed by atoms with Gasteiger partial charge in [-0.15, -0.1) is 0 Å². The lowest BCUT2D eigenvalue weighted by atomic mass is 10.1. The first-order valence-electron chi connectivity index (χ1n) is 6.33. The Balaban J connectivity index is 2.36. The van der Waals surface area contributed by atoms with Crippen molar-refractivity contribution in [2.45, 2.75) is 45.2 Å². The van der Waals surface area contributed by atoms with Crippen LogP contribution in [0.15, 0.2) is 22.7 Å². The Morgan fingerprint density at radius 1 is 1.50 bits per heavy atom. The summed E-state index contributed by atoms with van der Waals surface area (Å²) in [6.07, 6.45) is 2.92. The van der Waals surface area contributed by atoms with Crippen LogP contribution < -0.4 is 0 Å². The lowest BCUT2D eigenvalue weighted by Gasteiger charge is -2.28. The molecule has 1 aliphatic rings. The first-order valence-corrected chi connectivity index (χ1v) is 7.12. The number of carbonyl (C=O) groups is 1. The molecule has 0 radical (unpaired) electrons. The summed E-state index contributed by atoms with van der Waals surface area (Å²) in [6, 6.07) is 5.06. The molecule has 0 N–H and O–H groups in total. The van der Waals surface area contributed by atoms with Crippen molar-refractivity contribution in [3.05, 3.63) is 34.1 Å². The lowest BCUT2D eigenvalue weighted by Crippen LogP contribution is -2.40. The number of nitrogens with zero attached hydrogens (tertiary/aromatic N) is 1. The minimum atomic E-state index is -0.455. The van der Waals surface area contributed by atoms with Gasteiger partial charge < -0.3 is 4.90 Å². The molecule has 2 nitrogen and oxygen atoms in total. The zero-order valence-electron chi connectivity index (χ0n) is 10.6. The molecule has 1 amide bonds. The van der Waals surface area contributed by atoms with Crippen LogP contribution in [-0.4, -0.2) is 22.9 Å². The SMILES string of the molecule is CCC1CCC(C)N1C(=O)c1c(F)cccc1Br. The van der Waals surface area contributed by atoms with E-state index < -0.39 is 5.82 Å². The molecular formula is C14H17BrFNO. The Kier molecular flexibility index (Phi) is 4.05. The zero-order valence-corrected chi connectivity index (χ0v) is 12.2. The summed E-state index contributed by atoms with van der Waals surface area (Å²) in [5, 5.41) is 0. The second-order valence-corrected chi connectivity index (χ2v) is 5.65. The predicted octanol–water partition coefficient (Wildman–Crippen LogP) is 3.99. The molecule has 0 aliphatic carbocycles. The maximum absolute atomic E-state index is 13.8.